The van der Waals surface area contributed by atoms with Crippen LogP contribution in [-0.4, -0.2) is 24.0 Å². The highest BCUT2D eigenvalue weighted by atomic mass is 19.1. The summed E-state index contributed by atoms with van der Waals surface area (Å²) in [5.41, 5.74) is 4.17. The molecule has 0 radical (unpaired) electrons. The average molecular weight is 509 g/mol. The van der Waals surface area contributed by atoms with E-state index in [0.29, 0.717) is 23.1 Å². The molecule has 0 aliphatic rings. The number of ether oxygens (including phenoxy) is 2. The van der Waals surface area contributed by atoms with E-state index in [4.69, 9.17) is 9.47 Å². The van der Waals surface area contributed by atoms with E-state index in [0.717, 1.165) is 35.0 Å². The number of benzene rings is 2. The number of carbonyl (C=O) groups excluding carboxylic acids is 2. The lowest BCUT2D eigenvalue weighted by atomic mass is 9.97. The molecular weight excluding hydrogens is 478 g/mol. The van der Waals surface area contributed by atoms with Crippen molar-refractivity contribution in [2.24, 2.45) is 0 Å². The number of aryl methyl sites for hydroxylation is 2. The molecule has 1 aromatic heterocycles. The number of nitrogens with one attached hydrogen (secondary N) is 1. The third-order valence-electron chi connectivity index (χ3n) is 5.71. The second kappa shape index (κ2) is 12.8. The van der Waals surface area contributed by atoms with Crippen molar-refractivity contribution >= 4 is 11.9 Å². The summed E-state index contributed by atoms with van der Waals surface area (Å²) in [6.45, 7) is 7.66. The second-order valence-corrected chi connectivity index (χ2v) is 8.85. The Morgan fingerprint density at radius 1 is 1.11 bits per heavy atom. The number of halogens is 2. The summed E-state index contributed by atoms with van der Waals surface area (Å²) in [6.07, 6.45) is 2.59. The lowest BCUT2D eigenvalue weighted by molar-refractivity contribution is -0.140. The average Bonchev–Trinajstić information content (AvgIpc) is 2.87. The van der Waals surface area contributed by atoms with Crippen molar-refractivity contribution < 1.29 is 27.8 Å². The zero-order valence-corrected chi connectivity index (χ0v) is 21.1. The van der Waals surface area contributed by atoms with Crippen LogP contribution in [0.2, 0.25) is 0 Å². The largest absolute Gasteiger partial charge is 0.486 e. The summed E-state index contributed by atoms with van der Waals surface area (Å²) in [5.74, 6) is -2.28. The Morgan fingerprint density at radius 3 is 2.59 bits per heavy atom. The van der Waals surface area contributed by atoms with Gasteiger partial charge in [0.05, 0.1) is 13.2 Å². The first-order valence-electron chi connectivity index (χ1n) is 11.8. The number of carbonyl (C=O) groups is 2. The Balaban J connectivity index is 1.89. The maximum Gasteiger partial charge on any atom is 0.305 e. The molecule has 1 amide bonds. The summed E-state index contributed by atoms with van der Waals surface area (Å²) >= 11 is 0. The Morgan fingerprint density at radius 2 is 1.89 bits per heavy atom. The number of hydrogen-bond donors (Lipinski definition) is 1. The van der Waals surface area contributed by atoms with E-state index in [2.05, 4.69) is 16.9 Å². The van der Waals surface area contributed by atoms with Crippen LogP contribution in [0.3, 0.4) is 0 Å². The van der Waals surface area contributed by atoms with Gasteiger partial charge in [0.15, 0.2) is 11.6 Å². The quantitative estimate of drug-likeness (QED) is 0.262. The van der Waals surface area contributed by atoms with Gasteiger partial charge in [0.1, 0.15) is 12.4 Å². The maximum atomic E-state index is 14.0. The maximum absolute atomic E-state index is 14.0. The van der Waals surface area contributed by atoms with E-state index >= 15 is 0 Å². The van der Waals surface area contributed by atoms with Gasteiger partial charge >= 0.3 is 5.97 Å². The monoisotopic (exact) mass is 508 g/mol. The summed E-state index contributed by atoms with van der Waals surface area (Å²) in [7, 11) is 1.31. The highest BCUT2D eigenvalue weighted by Crippen LogP contribution is 2.24. The van der Waals surface area contributed by atoms with E-state index in [-0.39, 0.29) is 37.1 Å². The normalized spacial score (nSPS) is 11.5. The molecule has 1 atom stereocenters. The zero-order chi connectivity index (χ0) is 26.9. The van der Waals surface area contributed by atoms with Crippen LogP contribution in [0, 0.1) is 18.6 Å². The number of pyridine rings is 1. The number of esters is 1. The fourth-order valence-electron chi connectivity index (χ4n) is 3.85. The fourth-order valence-corrected chi connectivity index (χ4v) is 3.85. The van der Waals surface area contributed by atoms with Gasteiger partial charge in [0.2, 0.25) is 0 Å². The minimum Gasteiger partial charge on any atom is -0.486 e. The Bertz CT molecular complexity index is 1290. The molecule has 0 saturated carbocycles. The van der Waals surface area contributed by atoms with E-state index in [9.17, 15) is 18.4 Å². The van der Waals surface area contributed by atoms with Gasteiger partial charge in [-0.2, -0.15) is 0 Å². The minimum atomic E-state index is -0.690. The van der Waals surface area contributed by atoms with Crippen molar-refractivity contribution in [2.75, 3.05) is 7.11 Å². The third-order valence-corrected chi connectivity index (χ3v) is 5.71. The molecule has 0 spiro atoms. The fraction of sp³-hybridized carbons (Fsp3) is 0.276. The van der Waals surface area contributed by atoms with Crippen LogP contribution in [-0.2, 0) is 22.6 Å². The molecular formula is C29H30F2N2O4. The van der Waals surface area contributed by atoms with Crippen LogP contribution in [0.5, 0.6) is 5.75 Å². The van der Waals surface area contributed by atoms with Crippen LogP contribution in [0.15, 0.2) is 66.9 Å². The number of hydrogen-bond acceptors (Lipinski definition) is 5. The molecule has 6 nitrogen and oxygen atoms in total. The Hall–Kier alpha value is -4.07. The first-order chi connectivity index (χ1) is 17.7. The molecule has 0 saturated heterocycles. The molecule has 0 aliphatic carbocycles. The van der Waals surface area contributed by atoms with Crippen LogP contribution in [0.4, 0.5) is 8.78 Å². The molecule has 0 bridgehead atoms. The van der Waals surface area contributed by atoms with Crippen molar-refractivity contribution in [3.05, 3.63) is 106 Å². The minimum absolute atomic E-state index is 0.0866. The van der Waals surface area contributed by atoms with Gasteiger partial charge in [-0.1, -0.05) is 17.7 Å². The molecule has 194 valence electrons. The zero-order valence-electron chi connectivity index (χ0n) is 21.1. The number of rotatable bonds is 11. The SMILES string of the molecule is C=C(C)C[C@@H](NC(=O)c1cc(COc2cc(F)ccc2F)ccc1CCC(=O)OC)c1ccnc(C)c1. The Kier molecular flexibility index (Phi) is 9.49. The lowest BCUT2D eigenvalue weighted by Gasteiger charge is -2.21. The summed E-state index contributed by atoms with van der Waals surface area (Å²) < 4.78 is 37.7. The molecule has 3 aromatic rings. The third kappa shape index (κ3) is 7.96. The van der Waals surface area contributed by atoms with Crippen LogP contribution < -0.4 is 10.1 Å². The summed E-state index contributed by atoms with van der Waals surface area (Å²) in [5, 5.41) is 3.07. The number of nitrogens with zero attached hydrogens (tertiary/aromatic N) is 1. The van der Waals surface area contributed by atoms with Crippen molar-refractivity contribution in [3.63, 3.8) is 0 Å². The van der Waals surface area contributed by atoms with Crippen LogP contribution in [0.1, 0.15) is 58.5 Å². The smallest absolute Gasteiger partial charge is 0.305 e. The number of amides is 1. The van der Waals surface area contributed by atoms with E-state index < -0.39 is 17.6 Å². The van der Waals surface area contributed by atoms with Gasteiger partial charge in [-0.25, -0.2) is 8.78 Å². The Labute approximate surface area is 215 Å². The predicted octanol–water partition coefficient (Wildman–Crippen LogP) is 5.79. The van der Waals surface area contributed by atoms with Gasteiger partial charge in [0, 0.05) is 29.9 Å². The number of aromatic nitrogens is 1. The highest BCUT2D eigenvalue weighted by molar-refractivity contribution is 5.96. The van der Waals surface area contributed by atoms with Crippen LogP contribution >= 0.6 is 0 Å². The molecule has 3 rings (SSSR count). The second-order valence-electron chi connectivity index (χ2n) is 8.85. The van der Waals surface area contributed by atoms with Gasteiger partial charge in [-0.05, 0) is 73.7 Å². The highest BCUT2D eigenvalue weighted by Gasteiger charge is 2.20. The molecule has 0 unspecified atom stereocenters. The van der Waals surface area contributed by atoms with Crippen molar-refractivity contribution in [2.45, 2.75) is 45.8 Å². The standard InChI is InChI=1S/C29H30F2N2O4/c1-18(2)13-26(22-11-12-32-19(3)14-22)33-29(35)24-15-20(5-6-21(24)7-10-28(34)36-4)17-37-27-16-23(30)8-9-25(27)31/h5-6,8-9,11-12,14-16,26H,1,7,10,13,17H2,2-4H3,(H,33,35)/t26-/m1/s1. The molecule has 0 fully saturated rings. The number of methoxy groups -OCH3 is 1. The molecule has 37 heavy (non-hydrogen) atoms. The predicted molar refractivity (Wildman–Crippen MR) is 136 cm³/mol. The first kappa shape index (κ1) is 27.5. The van der Waals surface area contributed by atoms with Crippen molar-refractivity contribution in [1.82, 2.24) is 10.3 Å². The van der Waals surface area contributed by atoms with Crippen LogP contribution in [0.25, 0.3) is 0 Å². The van der Waals surface area contributed by atoms with E-state index in [1.807, 2.05) is 26.0 Å². The first-order valence-corrected chi connectivity index (χ1v) is 11.8. The molecule has 0 aliphatic heterocycles. The van der Waals surface area contributed by atoms with E-state index in [1.54, 1.807) is 24.4 Å². The molecule has 8 heteroatoms. The van der Waals surface area contributed by atoms with Crippen molar-refractivity contribution in [1.29, 1.82) is 0 Å². The molecule has 1 heterocycles. The molecule has 2 aromatic carbocycles. The summed E-state index contributed by atoms with van der Waals surface area (Å²) in [6, 6.07) is 11.4. The van der Waals surface area contributed by atoms with Gasteiger partial charge in [0.25, 0.3) is 5.91 Å². The van der Waals surface area contributed by atoms with Crippen molar-refractivity contribution in [3.8, 4) is 5.75 Å². The van der Waals surface area contributed by atoms with E-state index in [1.165, 1.54) is 7.11 Å². The molecule has 1 N–H and O–H groups in total. The summed E-state index contributed by atoms with van der Waals surface area (Å²) in [4.78, 5) is 29.5. The van der Waals surface area contributed by atoms with Gasteiger partial charge in [-0.3, -0.25) is 14.6 Å². The topological polar surface area (TPSA) is 77.5 Å². The van der Waals surface area contributed by atoms with Gasteiger partial charge < -0.3 is 14.8 Å². The lowest BCUT2D eigenvalue weighted by Crippen LogP contribution is -2.30. The van der Waals surface area contributed by atoms with Gasteiger partial charge in [-0.15, -0.1) is 6.58 Å².